The summed E-state index contributed by atoms with van der Waals surface area (Å²) in [7, 11) is 0. The van der Waals surface area contributed by atoms with Gasteiger partial charge < -0.3 is 16.0 Å². The molecule has 0 radical (unpaired) electrons. The summed E-state index contributed by atoms with van der Waals surface area (Å²) >= 11 is 5.94. The van der Waals surface area contributed by atoms with Crippen molar-refractivity contribution < 1.29 is 0 Å². The molecule has 0 aromatic heterocycles. The molecule has 0 saturated carbocycles. The average molecular weight is 368 g/mol. The van der Waals surface area contributed by atoms with Crippen LogP contribution in [-0.4, -0.2) is 30.6 Å². The molecule has 0 unspecified atom stereocenters. The van der Waals surface area contributed by atoms with E-state index in [1.807, 2.05) is 48.5 Å². The Morgan fingerprint density at radius 1 is 1.12 bits per heavy atom. The maximum Gasteiger partial charge on any atom is 0.0407 e. The molecule has 1 aliphatic rings. The van der Waals surface area contributed by atoms with Crippen molar-refractivity contribution in [1.82, 2.24) is 4.90 Å². The molecule has 3 rings (SSSR count). The van der Waals surface area contributed by atoms with Crippen molar-refractivity contribution in [3.63, 3.8) is 0 Å². The van der Waals surface area contributed by atoms with E-state index in [2.05, 4.69) is 22.1 Å². The van der Waals surface area contributed by atoms with Crippen LogP contribution in [0.4, 0.5) is 11.4 Å². The second-order valence-electron chi connectivity index (χ2n) is 6.80. The van der Waals surface area contributed by atoms with Gasteiger partial charge in [0.1, 0.15) is 0 Å². The molecule has 2 aromatic rings. The van der Waals surface area contributed by atoms with E-state index in [1.54, 1.807) is 0 Å². The zero-order valence-electron chi connectivity index (χ0n) is 15.0. The van der Waals surface area contributed by atoms with Crippen molar-refractivity contribution in [2.24, 2.45) is 0 Å². The van der Waals surface area contributed by atoms with Gasteiger partial charge in [0.2, 0.25) is 0 Å². The minimum atomic E-state index is 0.552. The number of unbranched alkanes of at least 4 members (excludes halogenated alkanes) is 1. The highest BCUT2D eigenvalue weighted by atomic mass is 35.5. The van der Waals surface area contributed by atoms with Gasteiger partial charge in [-0.3, -0.25) is 0 Å². The first-order valence-electron chi connectivity index (χ1n) is 9.28. The summed E-state index contributed by atoms with van der Waals surface area (Å²) in [5, 5.41) is 4.39. The highest BCUT2D eigenvalue weighted by molar-refractivity contribution is 6.30. The number of hydrogen-bond acceptors (Lipinski definition) is 3. The molecule has 0 amide bonds. The van der Waals surface area contributed by atoms with Crippen LogP contribution in [0.15, 0.2) is 48.5 Å². The normalized spacial score (nSPS) is 15.3. The second-order valence-corrected chi connectivity index (χ2v) is 7.23. The van der Waals surface area contributed by atoms with Crippen LogP contribution in [0, 0.1) is 11.8 Å². The third kappa shape index (κ3) is 5.98. The van der Waals surface area contributed by atoms with Gasteiger partial charge in [-0.25, -0.2) is 0 Å². The Morgan fingerprint density at radius 3 is 2.62 bits per heavy atom. The van der Waals surface area contributed by atoms with E-state index in [-0.39, 0.29) is 0 Å². The average Bonchev–Trinajstić information content (AvgIpc) is 2.65. The zero-order chi connectivity index (χ0) is 18.2. The minimum Gasteiger partial charge on any atom is -0.399 e. The lowest BCUT2D eigenvalue weighted by atomic mass is 10.0. The van der Waals surface area contributed by atoms with Crippen LogP contribution < -0.4 is 11.1 Å². The van der Waals surface area contributed by atoms with Gasteiger partial charge in [-0.05, 0) is 68.3 Å². The summed E-state index contributed by atoms with van der Waals surface area (Å²) in [6, 6.07) is 16.3. The molecule has 0 atom stereocenters. The molecule has 1 aliphatic heterocycles. The number of halogens is 1. The van der Waals surface area contributed by atoms with Gasteiger partial charge >= 0.3 is 0 Å². The third-order valence-corrected chi connectivity index (χ3v) is 4.95. The first-order chi connectivity index (χ1) is 12.7. The van der Waals surface area contributed by atoms with E-state index < -0.39 is 0 Å². The molecule has 2 aromatic carbocycles. The summed E-state index contributed by atoms with van der Waals surface area (Å²) in [5.41, 5.74) is 8.69. The Morgan fingerprint density at radius 2 is 1.88 bits per heavy atom. The number of likely N-dealkylation sites (tertiary alicyclic amines) is 1. The van der Waals surface area contributed by atoms with Crippen LogP contribution in [0.5, 0.6) is 0 Å². The number of hydrogen-bond donors (Lipinski definition) is 2. The maximum absolute atomic E-state index is 5.94. The van der Waals surface area contributed by atoms with Gasteiger partial charge in [-0.2, -0.15) is 0 Å². The molecule has 1 fully saturated rings. The molecule has 0 aliphatic carbocycles. The van der Waals surface area contributed by atoms with E-state index >= 15 is 0 Å². The number of rotatable bonds is 5. The first-order valence-corrected chi connectivity index (χ1v) is 9.66. The number of nitrogens with two attached hydrogens (primary N) is 1. The standard InChI is InChI=1S/C22H26ClN3/c23-19-8-10-21(11-9-19)25-22-12-15-26(16-13-22)14-3-1-2-5-18-6-4-7-20(24)17-18/h4,6-11,17,22,25H,1,3,12-16,24H2. The summed E-state index contributed by atoms with van der Waals surface area (Å²) in [4.78, 5) is 2.54. The molecule has 3 nitrogen and oxygen atoms in total. The summed E-state index contributed by atoms with van der Waals surface area (Å²) in [6.45, 7) is 3.42. The topological polar surface area (TPSA) is 41.3 Å². The van der Waals surface area contributed by atoms with Gasteiger partial charge in [-0.15, -0.1) is 0 Å². The van der Waals surface area contributed by atoms with E-state index in [9.17, 15) is 0 Å². The highest BCUT2D eigenvalue weighted by Gasteiger charge is 2.18. The van der Waals surface area contributed by atoms with E-state index in [4.69, 9.17) is 17.3 Å². The minimum absolute atomic E-state index is 0.552. The van der Waals surface area contributed by atoms with Gasteiger partial charge in [-0.1, -0.05) is 29.5 Å². The van der Waals surface area contributed by atoms with Crippen LogP contribution >= 0.6 is 11.6 Å². The van der Waals surface area contributed by atoms with E-state index in [0.29, 0.717) is 6.04 Å². The number of piperidine rings is 1. The second kappa shape index (κ2) is 9.52. The zero-order valence-corrected chi connectivity index (χ0v) is 15.8. The Kier molecular flexibility index (Phi) is 6.82. The summed E-state index contributed by atoms with van der Waals surface area (Å²) in [6.07, 6.45) is 4.40. The lowest BCUT2D eigenvalue weighted by Crippen LogP contribution is -2.39. The first kappa shape index (κ1) is 18.6. The predicted molar refractivity (Wildman–Crippen MR) is 112 cm³/mol. The number of benzene rings is 2. The van der Waals surface area contributed by atoms with Gasteiger partial charge in [0.05, 0.1) is 0 Å². The van der Waals surface area contributed by atoms with Crippen molar-refractivity contribution in [2.45, 2.75) is 31.7 Å². The van der Waals surface area contributed by atoms with Crippen LogP contribution in [0.1, 0.15) is 31.2 Å². The fourth-order valence-corrected chi connectivity index (χ4v) is 3.38. The van der Waals surface area contributed by atoms with Crippen molar-refractivity contribution in [3.05, 3.63) is 59.1 Å². The SMILES string of the molecule is Nc1cccc(C#CCCCN2CCC(Nc3ccc(Cl)cc3)CC2)c1. The third-order valence-electron chi connectivity index (χ3n) is 4.70. The van der Waals surface area contributed by atoms with Crippen LogP contribution in [-0.2, 0) is 0 Å². The predicted octanol–water partition coefficient (Wildman–Crippen LogP) is 4.63. The largest absolute Gasteiger partial charge is 0.399 e. The maximum atomic E-state index is 5.94. The van der Waals surface area contributed by atoms with Crippen LogP contribution in [0.3, 0.4) is 0 Å². The highest BCUT2D eigenvalue weighted by Crippen LogP contribution is 2.19. The molecule has 26 heavy (non-hydrogen) atoms. The van der Waals surface area contributed by atoms with Crippen molar-refractivity contribution >= 4 is 23.0 Å². The van der Waals surface area contributed by atoms with Crippen molar-refractivity contribution in [2.75, 3.05) is 30.7 Å². The fourth-order valence-electron chi connectivity index (χ4n) is 3.25. The fraction of sp³-hybridized carbons (Fsp3) is 0.364. The number of nitrogen functional groups attached to an aromatic ring is 1. The lowest BCUT2D eigenvalue weighted by Gasteiger charge is -2.32. The quantitative estimate of drug-likeness (QED) is 0.460. The Balaban J connectivity index is 1.33. The van der Waals surface area contributed by atoms with Gasteiger partial charge in [0.25, 0.3) is 0 Å². The monoisotopic (exact) mass is 367 g/mol. The van der Waals surface area contributed by atoms with Crippen LogP contribution in [0.2, 0.25) is 5.02 Å². The summed E-state index contributed by atoms with van der Waals surface area (Å²) in [5.74, 6) is 6.45. The van der Waals surface area contributed by atoms with Crippen LogP contribution in [0.25, 0.3) is 0 Å². The lowest BCUT2D eigenvalue weighted by molar-refractivity contribution is 0.217. The number of nitrogens with one attached hydrogen (secondary N) is 1. The molecule has 1 heterocycles. The van der Waals surface area contributed by atoms with E-state index in [1.165, 1.54) is 12.8 Å². The molecule has 1 saturated heterocycles. The van der Waals surface area contributed by atoms with Crippen molar-refractivity contribution in [3.8, 4) is 11.8 Å². The molecule has 0 bridgehead atoms. The van der Waals surface area contributed by atoms with Gasteiger partial charge in [0, 0.05) is 47.5 Å². The molecule has 4 heteroatoms. The van der Waals surface area contributed by atoms with Crippen molar-refractivity contribution in [1.29, 1.82) is 0 Å². The van der Waals surface area contributed by atoms with Gasteiger partial charge in [0.15, 0.2) is 0 Å². The number of anilines is 2. The molecule has 0 spiro atoms. The van der Waals surface area contributed by atoms with E-state index in [0.717, 1.165) is 54.4 Å². The smallest absolute Gasteiger partial charge is 0.0407 e. The molecular formula is C22H26ClN3. The summed E-state index contributed by atoms with van der Waals surface area (Å²) < 4.78 is 0. The Labute approximate surface area is 161 Å². The molecule has 136 valence electrons. The Hall–Kier alpha value is -2.15. The molecule has 3 N–H and O–H groups in total. The molecular weight excluding hydrogens is 342 g/mol. The Bertz CT molecular complexity index is 753. The number of nitrogens with zero attached hydrogens (tertiary/aromatic N) is 1.